The third-order valence-corrected chi connectivity index (χ3v) is 6.85. The molecule has 0 aliphatic rings. The maximum absolute atomic E-state index is 12.7. The molecule has 0 fully saturated rings. The van der Waals surface area contributed by atoms with Gasteiger partial charge in [-0.3, -0.25) is 10.1 Å². The van der Waals surface area contributed by atoms with E-state index in [4.69, 9.17) is 4.42 Å². The summed E-state index contributed by atoms with van der Waals surface area (Å²) in [4.78, 5) is 17.0. The van der Waals surface area contributed by atoms with Crippen LogP contribution in [0.2, 0.25) is 0 Å². The molecule has 0 aliphatic heterocycles. The second-order valence-corrected chi connectivity index (χ2v) is 10.5. The smallest absolute Gasteiger partial charge is 0.257 e. The maximum atomic E-state index is 12.7. The van der Waals surface area contributed by atoms with E-state index in [1.165, 1.54) is 53.2 Å². The zero-order valence-corrected chi connectivity index (χ0v) is 18.3. The SMILES string of the molecule is CN(Cc1ccco1)S(=O)(=O)c1ccc(C(=O)Nc2nc(C(C)(C)C)cs2)cc1. The van der Waals surface area contributed by atoms with Crippen molar-refractivity contribution in [1.82, 2.24) is 9.29 Å². The van der Waals surface area contributed by atoms with Crippen LogP contribution in [-0.4, -0.2) is 30.7 Å². The van der Waals surface area contributed by atoms with Crippen molar-refractivity contribution in [2.45, 2.75) is 37.6 Å². The summed E-state index contributed by atoms with van der Waals surface area (Å²) in [7, 11) is -2.22. The third kappa shape index (κ3) is 4.92. The van der Waals surface area contributed by atoms with E-state index in [2.05, 4.69) is 31.1 Å². The molecule has 3 rings (SSSR count). The van der Waals surface area contributed by atoms with Crippen molar-refractivity contribution in [3.8, 4) is 0 Å². The number of nitrogens with one attached hydrogen (secondary N) is 1. The van der Waals surface area contributed by atoms with Gasteiger partial charge in [0.25, 0.3) is 5.91 Å². The fraction of sp³-hybridized carbons (Fsp3) is 0.300. The number of amides is 1. The lowest BCUT2D eigenvalue weighted by Gasteiger charge is -2.16. The lowest BCUT2D eigenvalue weighted by atomic mass is 9.93. The molecule has 9 heteroatoms. The first-order chi connectivity index (χ1) is 13.6. The fourth-order valence-corrected chi connectivity index (χ4v) is 4.58. The van der Waals surface area contributed by atoms with Crippen LogP contribution in [0.15, 0.2) is 57.4 Å². The van der Waals surface area contributed by atoms with E-state index < -0.39 is 10.0 Å². The van der Waals surface area contributed by atoms with E-state index >= 15 is 0 Å². The van der Waals surface area contributed by atoms with Gasteiger partial charge in [-0.2, -0.15) is 4.31 Å². The molecule has 3 aromatic rings. The number of carbonyl (C=O) groups is 1. The minimum Gasteiger partial charge on any atom is -0.468 e. The Morgan fingerprint density at radius 1 is 1.21 bits per heavy atom. The number of rotatable bonds is 6. The second kappa shape index (κ2) is 8.10. The molecule has 0 saturated heterocycles. The van der Waals surface area contributed by atoms with Crippen molar-refractivity contribution in [1.29, 1.82) is 0 Å². The van der Waals surface area contributed by atoms with Crippen LogP contribution in [0, 0.1) is 0 Å². The van der Waals surface area contributed by atoms with Gasteiger partial charge in [0, 0.05) is 23.4 Å². The van der Waals surface area contributed by atoms with Crippen LogP contribution >= 0.6 is 11.3 Å². The monoisotopic (exact) mass is 433 g/mol. The highest BCUT2D eigenvalue weighted by molar-refractivity contribution is 7.89. The van der Waals surface area contributed by atoms with Crippen molar-refractivity contribution < 1.29 is 17.6 Å². The largest absolute Gasteiger partial charge is 0.468 e. The number of hydrogen-bond acceptors (Lipinski definition) is 6. The minimum atomic E-state index is -3.70. The van der Waals surface area contributed by atoms with Crippen molar-refractivity contribution >= 4 is 32.4 Å². The maximum Gasteiger partial charge on any atom is 0.257 e. The molecule has 154 valence electrons. The molecular formula is C20H23N3O4S2. The van der Waals surface area contributed by atoms with E-state index in [9.17, 15) is 13.2 Å². The van der Waals surface area contributed by atoms with Gasteiger partial charge < -0.3 is 4.42 Å². The summed E-state index contributed by atoms with van der Waals surface area (Å²) in [6, 6.07) is 9.23. The molecule has 1 aromatic carbocycles. The number of carbonyl (C=O) groups excluding carboxylic acids is 1. The van der Waals surface area contributed by atoms with Crippen LogP contribution in [0.25, 0.3) is 0 Å². The summed E-state index contributed by atoms with van der Waals surface area (Å²) in [5.41, 5.74) is 1.15. The number of hydrogen-bond donors (Lipinski definition) is 1. The Labute approximate surface area is 174 Å². The predicted molar refractivity (Wildman–Crippen MR) is 113 cm³/mol. The highest BCUT2D eigenvalue weighted by Crippen LogP contribution is 2.26. The molecule has 1 amide bonds. The summed E-state index contributed by atoms with van der Waals surface area (Å²) in [5, 5.41) is 5.18. The van der Waals surface area contributed by atoms with Gasteiger partial charge in [-0.25, -0.2) is 13.4 Å². The quantitative estimate of drug-likeness (QED) is 0.632. The van der Waals surface area contributed by atoms with Crippen LogP contribution in [-0.2, 0) is 22.0 Å². The van der Waals surface area contributed by atoms with Gasteiger partial charge >= 0.3 is 0 Å². The lowest BCUT2D eigenvalue weighted by Crippen LogP contribution is -2.26. The van der Waals surface area contributed by atoms with E-state index in [1.807, 2.05) is 5.38 Å². The molecule has 0 aliphatic carbocycles. The Morgan fingerprint density at radius 3 is 2.45 bits per heavy atom. The standard InChI is InChI=1S/C20H23N3O4S2/c1-20(2,3)17-13-28-19(21-17)22-18(24)14-7-9-16(10-8-14)29(25,26)23(4)12-15-6-5-11-27-15/h5-11,13H,12H2,1-4H3,(H,21,22,24). The Kier molecular flexibility index (Phi) is 5.92. The normalized spacial score (nSPS) is 12.3. The highest BCUT2D eigenvalue weighted by Gasteiger charge is 2.22. The highest BCUT2D eigenvalue weighted by atomic mass is 32.2. The van der Waals surface area contributed by atoms with Crippen molar-refractivity contribution in [3.05, 3.63) is 65.1 Å². The van der Waals surface area contributed by atoms with Crippen LogP contribution in [0.1, 0.15) is 42.6 Å². The molecule has 0 bridgehead atoms. The number of sulfonamides is 1. The van der Waals surface area contributed by atoms with Gasteiger partial charge in [0.1, 0.15) is 5.76 Å². The van der Waals surface area contributed by atoms with Gasteiger partial charge in [0.2, 0.25) is 10.0 Å². The minimum absolute atomic E-state index is 0.100. The average Bonchev–Trinajstić information content (AvgIpc) is 3.33. The Hall–Kier alpha value is -2.49. The first kappa shape index (κ1) is 21.2. The third-order valence-electron chi connectivity index (χ3n) is 4.28. The van der Waals surface area contributed by atoms with E-state index in [1.54, 1.807) is 12.1 Å². The van der Waals surface area contributed by atoms with E-state index in [0.29, 0.717) is 16.5 Å². The van der Waals surface area contributed by atoms with Crippen LogP contribution in [0.5, 0.6) is 0 Å². The van der Waals surface area contributed by atoms with Crippen LogP contribution in [0.3, 0.4) is 0 Å². The molecule has 0 radical (unpaired) electrons. The summed E-state index contributed by atoms with van der Waals surface area (Å²) in [6.07, 6.45) is 1.50. The summed E-state index contributed by atoms with van der Waals surface area (Å²) in [5.74, 6) is 0.206. The molecule has 1 N–H and O–H groups in total. The summed E-state index contributed by atoms with van der Waals surface area (Å²) in [6.45, 7) is 6.28. The topological polar surface area (TPSA) is 92.5 Å². The number of furan rings is 1. The Bertz CT molecular complexity index is 1080. The number of thiazole rings is 1. The summed E-state index contributed by atoms with van der Waals surface area (Å²) < 4.78 is 31.8. The molecule has 29 heavy (non-hydrogen) atoms. The van der Waals surface area contributed by atoms with E-state index in [-0.39, 0.29) is 22.8 Å². The molecule has 2 aromatic heterocycles. The van der Waals surface area contributed by atoms with Crippen LogP contribution < -0.4 is 5.32 Å². The number of anilines is 1. The Balaban J connectivity index is 1.70. The van der Waals surface area contributed by atoms with Gasteiger partial charge in [0.05, 0.1) is 23.4 Å². The predicted octanol–water partition coefficient (Wildman–Crippen LogP) is 4.11. The Morgan fingerprint density at radius 2 is 1.90 bits per heavy atom. The number of nitrogens with zero attached hydrogens (tertiary/aromatic N) is 2. The first-order valence-corrected chi connectivity index (χ1v) is 11.3. The number of benzene rings is 1. The zero-order valence-electron chi connectivity index (χ0n) is 16.7. The first-order valence-electron chi connectivity index (χ1n) is 8.93. The molecule has 0 spiro atoms. The molecule has 0 saturated carbocycles. The molecular weight excluding hydrogens is 410 g/mol. The van der Waals surface area contributed by atoms with Gasteiger partial charge in [0.15, 0.2) is 5.13 Å². The van der Waals surface area contributed by atoms with Crippen molar-refractivity contribution in [2.24, 2.45) is 0 Å². The number of aromatic nitrogens is 1. The zero-order chi connectivity index (χ0) is 21.2. The fourth-order valence-electron chi connectivity index (χ4n) is 2.51. The summed E-state index contributed by atoms with van der Waals surface area (Å²) >= 11 is 1.36. The van der Waals surface area contributed by atoms with E-state index in [0.717, 1.165) is 5.69 Å². The van der Waals surface area contributed by atoms with Crippen LogP contribution in [0.4, 0.5) is 5.13 Å². The molecule has 2 heterocycles. The lowest BCUT2D eigenvalue weighted by molar-refractivity contribution is 0.102. The molecule has 0 atom stereocenters. The second-order valence-electron chi connectivity index (χ2n) is 7.61. The van der Waals surface area contributed by atoms with Crippen molar-refractivity contribution in [3.63, 3.8) is 0 Å². The average molecular weight is 434 g/mol. The van der Waals surface area contributed by atoms with Gasteiger partial charge in [-0.05, 0) is 36.4 Å². The molecule has 7 nitrogen and oxygen atoms in total. The molecule has 0 unspecified atom stereocenters. The van der Waals surface area contributed by atoms with Crippen molar-refractivity contribution in [2.75, 3.05) is 12.4 Å². The van der Waals surface area contributed by atoms with Gasteiger partial charge in [-0.1, -0.05) is 20.8 Å². The van der Waals surface area contributed by atoms with Gasteiger partial charge in [-0.15, -0.1) is 11.3 Å².